The molecule has 0 aliphatic carbocycles. The van der Waals surface area contributed by atoms with Crippen LogP contribution < -0.4 is 10.6 Å². The number of carboxylic acids is 1. The molecule has 3 aromatic carbocycles. The van der Waals surface area contributed by atoms with Gasteiger partial charge in [-0.3, -0.25) is 14.4 Å². The third-order valence-corrected chi connectivity index (χ3v) is 6.23. The number of hydrogen-bond acceptors (Lipinski definition) is 7. The maximum atomic E-state index is 13.4. The molecule has 9 nitrogen and oxygen atoms in total. The van der Waals surface area contributed by atoms with Gasteiger partial charge < -0.3 is 20.5 Å². The van der Waals surface area contributed by atoms with Crippen molar-refractivity contribution in [1.82, 2.24) is 5.32 Å². The topological polar surface area (TPSA) is 146 Å². The van der Waals surface area contributed by atoms with Crippen molar-refractivity contribution in [2.75, 3.05) is 12.4 Å². The van der Waals surface area contributed by atoms with Crippen molar-refractivity contribution in [3.8, 4) is 6.07 Å². The summed E-state index contributed by atoms with van der Waals surface area (Å²) in [6.07, 6.45) is 3.34. The first kappa shape index (κ1) is 30.3. The van der Waals surface area contributed by atoms with Gasteiger partial charge in [-0.05, 0) is 78.7 Å². The molecular formula is C31H26ClN3O6. The molecule has 208 valence electrons. The van der Waals surface area contributed by atoms with E-state index in [9.17, 15) is 24.4 Å². The summed E-state index contributed by atoms with van der Waals surface area (Å²) < 4.78 is 5.55. The first-order valence-electron chi connectivity index (χ1n) is 12.3. The van der Waals surface area contributed by atoms with Crippen LogP contribution in [0.15, 0.2) is 84.8 Å². The predicted octanol–water partition coefficient (Wildman–Crippen LogP) is 5.02. The highest BCUT2D eigenvalue weighted by atomic mass is 35.5. The van der Waals surface area contributed by atoms with E-state index in [-0.39, 0.29) is 29.1 Å². The van der Waals surface area contributed by atoms with Crippen LogP contribution in [0, 0.1) is 11.3 Å². The zero-order valence-electron chi connectivity index (χ0n) is 22.2. The molecule has 0 radical (unpaired) electrons. The molecule has 3 N–H and O–H groups in total. The van der Waals surface area contributed by atoms with Crippen molar-refractivity contribution >= 4 is 46.8 Å². The Labute approximate surface area is 241 Å². The Hall–Kier alpha value is -5.20. The third-order valence-electron chi connectivity index (χ3n) is 6.00. The maximum absolute atomic E-state index is 13.4. The lowest BCUT2D eigenvalue weighted by Gasteiger charge is -2.20. The number of hydrogen-bond donors (Lipinski definition) is 3. The normalized spacial score (nSPS) is 12.0. The number of Topliss-reactive ketones (excluding diaryl/α,β-unsaturated/α-hetero) is 1. The van der Waals surface area contributed by atoms with Crippen molar-refractivity contribution in [3.05, 3.63) is 118 Å². The number of carbonyl (C=O) groups excluding carboxylic acids is 3. The number of methoxy groups -OCH3 is 1. The second kappa shape index (κ2) is 14.3. The summed E-state index contributed by atoms with van der Waals surface area (Å²) in [5, 5.41) is 24.5. The monoisotopic (exact) mass is 571 g/mol. The number of nitrogens with one attached hydrogen (secondary N) is 2. The van der Waals surface area contributed by atoms with E-state index in [2.05, 4.69) is 16.7 Å². The first-order valence-corrected chi connectivity index (χ1v) is 12.6. The van der Waals surface area contributed by atoms with Gasteiger partial charge in [-0.25, -0.2) is 4.79 Å². The highest BCUT2D eigenvalue weighted by Crippen LogP contribution is 2.29. The zero-order chi connectivity index (χ0) is 29.9. The largest absolute Gasteiger partial charge is 0.495 e. The van der Waals surface area contributed by atoms with Gasteiger partial charge in [0, 0.05) is 34.5 Å². The summed E-state index contributed by atoms with van der Waals surface area (Å²) >= 11 is 6.19. The van der Waals surface area contributed by atoms with Crippen LogP contribution in [-0.2, 0) is 20.7 Å². The molecule has 1 amide bonds. The van der Waals surface area contributed by atoms with Gasteiger partial charge in [0.25, 0.3) is 0 Å². The van der Waals surface area contributed by atoms with E-state index in [0.29, 0.717) is 39.2 Å². The molecule has 10 heteroatoms. The summed E-state index contributed by atoms with van der Waals surface area (Å²) in [6.45, 7) is 1.39. The smallest absolute Gasteiger partial charge is 0.335 e. The number of carbonyl (C=O) groups is 4. The fraction of sp³-hybridized carbons (Fsp3) is 0.129. The van der Waals surface area contributed by atoms with Gasteiger partial charge in [-0.1, -0.05) is 23.7 Å². The van der Waals surface area contributed by atoms with Crippen molar-refractivity contribution in [3.63, 3.8) is 0 Å². The number of nitriles is 1. The Balaban J connectivity index is 1.99. The van der Waals surface area contributed by atoms with E-state index in [0.717, 1.165) is 0 Å². The SMILES string of the molecule is COC(=C/NC(Cc1cccc(C#N)c1)C(=O)Nc1ccc(C(=O)O)cc1)/C(=C\C=O)c1cc(Cl)ccc1C(C)=O. The molecule has 3 rings (SSSR count). The van der Waals surface area contributed by atoms with E-state index >= 15 is 0 Å². The Morgan fingerprint density at radius 1 is 1.07 bits per heavy atom. The number of halogens is 1. The van der Waals surface area contributed by atoms with Gasteiger partial charge in [-0.2, -0.15) is 5.26 Å². The Morgan fingerprint density at radius 2 is 1.80 bits per heavy atom. The maximum Gasteiger partial charge on any atom is 0.335 e. The number of aldehydes is 1. The van der Waals surface area contributed by atoms with Crippen LogP contribution in [0.2, 0.25) is 5.02 Å². The van der Waals surface area contributed by atoms with Crippen LogP contribution in [0.5, 0.6) is 0 Å². The Kier molecular flexibility index (Phi) is 10.6. The van der Waals surface area contributed by atoms with E-state index in [4.69, 9.17) is 21.4 Å². The van der Waals surface area contributed by atoms with Gasteiger partial charge in [0.1, 0.15) is 18.1 Å². The summed E-state index contributed by atoms with van der Waals surface area (Å²) in [7, 11) is 1.37. The predicted molar refractivity (Wildman–Crippen MR) is 154 cm³/mol. The Morgan fingerprint density at radius 3 is 2.41 bits per heavy atom. The van der Waals surface area contributed by atoms with Crippen LogP contribution >= 0.6 is 11.6 Å². The highest BCUT2D eigenvalue weighted by Gasteiger charge is 2.21. The van der Waals surface area contributed by atoms with E-state index in [1.807, 2.05) is 0 Å². The van der Waals surface area contributed by atoms with Crippen molar-refractivity contribution in [2.24, 2.45) is 0 Å². The molecule has 0 saturated carbocycles. The van der Waals surface area contributed by atoms with Crippen molar-refractivity contribution < 1.29 is 29.0 Å². The van der Waals surface area contributed by atoms with Crippen LogP contribution in [0.25, 0.3) is 5.57 Å². The number of aromatic carboxylic acids is 1. The summed E-state index contributed by atoms with van der Waals surface area (Å²) in [5.41, 5.74) is 2.51. The van der Waals surface area contributed by atoms with Crippen molar-refractivity contribution in [2.45, 2.75) is 19.4 Å². The van der Waals surface area contributed by atoms with Gasteiger partial charge in [-0.15, -0.1) is 0 Å². The number of ether oxygens (including phenoxy) is 1. The molecule has 0 spiro atoms. The number of allylic oxidation sites excluding steroid dienone is 2. The minimum atomic E-state index is -1.09. The molecule has 0 bridgehead atoms. The fourth-order valence-electron chi connectivity index (χ4n) is 4.00. The molecule has 1 unspecified atom stereocenters. The van der Waals surface area contributed by atoms with Crippen LogP contribution in [-0.4, -0.2) is 42.2 Å². The summed E-state index contributed by atoms with van der Waals surface area (Å²) in [6, 6.07) is 18.3. The molecule has 41 heavy (non-hydrogen) atoms. The fourth-order valence-corrected chi connectivity index (χ4v) is 4.17. The second-order valence-corrected chi connectivity index (χ2v) is 9.22. The zero-order valence-corrected chi connectivity index (χ0v) is 22.9. The number of carboxylic acid groups (broad SMARTS) is 1. The van der Waals surface area contributed by atoms with Crippen molar-refractivity contribution in [1.29, 1.82) is 5.26 Å². The molecule has 0 aromatic heterocycles. The number of anilines is 1. The lowest BCUT2D eigenvalue weighted by Crippen LogP contribution is -2.40. The number of rotatable bonds is 12. The van der Waals surface area contributed by atoms with Crippen LogP contribution in [0.4, 0.5) is 5.69 Å². The standard InChI is InChI=1S/C31H26ClN3O6/c1-19(37)25-11-8-23(32)16-27(25)26(12-13-36)29(41-2)18-34-28(15-20-4-3-5-21(14-20)17-33)30(38)35-24-9-6-22(7-10-24)31(39)40/h3-14,16,18,28,34H,15H2,1-2H3,(H,35,38)(H,39,40)/b26-12-,29-18+. The molecule has 0 aliphatic heterocycles. The summed E-state index contributed by atoms with van der Waals surface area (Å²) in [4.78, 5) is 48.4. The van der Waals surface area contributed by atoms with Gasteiger partial charge in [0.15, 0.2) is 5.78 Å². The number of benzene rings is 3. The van der Waals surface area contributed by atoms with Gasteiger partial charge >= 0.3 is 5.97 Å². The number of ketones is 1. The molecule has 3 aromatic rings. The van der Waals surface area contributed by atoms with Crippen LogP contribution in [0.1, 0.15) is 44.3 Å². The molecule has 1 atom stereocenters. The minimum Gasteiger partial charge on any atom is -0.495 e. The Bertz CT molecular complexity index is 1570. The highest BCUT2D eigenvalue weighted by molar-refractivity contribution is 6.31. The average Bonchev–Trinajstić information content (AvgIpc) is 2.96. The average molecular weight is 572 g/mol. The van der Waals surface area contributed by atoms with E-state index < -0.39 is 17.9 Å². The van der Waals surface area contributed by atoms with Gasteiger partial charge in [0.05, 0.1) is 24.3 Å². The van der Waals surface area contributed by atoms with Gasteiger partial charge in [0.2, 0.25) is 5.91 Å². The molecule has 0 aliphatic rings. The lowest BCUT2D eigenvalue weighted by atomic mass is 9.96. The molecule has 0 saturated heterocycles. The van der Waals surface area contributed by atoms with E-state index in [1.54, 1.807) is 42.5 Å². The molecular weight excluding hydrogens is 546 g/mol. The lowest BCUT2D eigenvalue weighted by molar-refractivity contribution is -0.118. The number of nitrogens with zero attached hydrogens (tertiary/aromatic N) is 1. The van der Waals surface area contributed by atoms with Crippen LogP contribution in [0.3, 0.4) is 0 Å². The number of amides is 1. The molecule has 0 heterocycles. The quantitative estimate of drug-likeness (QED) is 0.0903. The van der Waals surface area contributed by atoms with E-state index in [1.165, 1.54) is 50.6 Å². The minimum absolute atomic E-state index is 0.0686. The first-order chi connectivity index (χ1) is 19.7. The molecule has 0 fully saturated rings. The third kappa shape index (κ3) is 8.14. The second-order valence-electron chi connectivity index (χ2n) is 8.78. The summed E-state index contributed by atoms with van der Waals surface area (Å²) in [5.74, 6) is -1.66.